The lowest BCUT2D eigenvalue weighted by molar-refractivity contribution is -0.131. The lowest BCUT2D eigenvalue weighted by Gasteiger charge is -2.27. The Labute approximate surface area is 192 Å². The van der Waals surface area contributed by atoms with E-state index in [9.17, 15) is 9.59 Å². The highest BCUT2D eigenvalue weighted by molar-refractivity contribution is 6.09. The van der Waals surface area contributed by atoms with Crippen LogP contribution in [0.15, 0.2) is 78.5 Å². The zero-order valence-electron chi connectivity index (χ0n) is 18.5. The van der Waals surface area contributed by atoms with Crippen LogP contribution < -0.4 is 5.32 Å². The number of benzene rings is 3. The first kappa shape index (κ1) is 21.0. The molecule has 2 heterocycles. The highest BCUT2D eigenvalue weighted by atomic mass is 16.5. The quantitative estimate of drug-likeness (QED) is 0.490. The number of ether oxygens (including phenoxy) is 1. The Morgan fingerprint density at radius 3 is 2.36 bits per heavy atom. The van der Waals surface area contributed by atoms with Crippen molar-refractivity contribution >= 4 is 39.7 Å². The maximum atomic E-state index is 13.3. The number of aromatic nitrogens is 1. The number of para-hydroxylation sites is 1. The molecule has 0 radical (unpaired) electrons. The average Bonchev–Trinajstić information content (AvgIpc) is 3.16. The molecule has 5 rings (SSSR count). The van der Waals surface area contributed by atoms with E-state index in [0.717, 1.165) is 27.4 Å². The van der Waals surface area contributed by atoms with Gasteiger partial charge in [0.15, 0.2) is 0 Å². The van der Waals surface area contributed by atoms with Gasteiger partial charge in [-0.15, -0.1) is 0 Å². The van der Waals surface area contributed by atoms with E-state index < -0.39 is 0 Å². The Kier molecular flexibility index (Phi) is 5.67. The summed E-state index contributed by atoms with van der Waals surface area (Å²) in [6.45, 7) is 1.99. The maximum absolute atomic E-state index is 13.3. The fourth-order valence-electron chi connectivity index (χ4n) is 4.31. The first-order valence-electron chi connectivity index (χ1n) is 11.0. The summed E-state index contributed by atoms with van der Waals surface area (Å²) < 4.78 is 7.55. The van der Waals surface area contributed by atoms with Gasteiger partial charge in [-0.25, -0.2) is 0 Å². The second kappa shape index (κ2) is 8.92. The largest absolute Gasteiger partial charge is 0.378 e. The van der Waals surface area contributed by atoms with Crippen LogP contribution in [-0.2, 0) is 16.6 Å². The molecule has 1 aromatic heterocycles. The van der Waals surface area contributed by atoms with Crippen molar-refractivity contribution in [2.45, 2.75) is 0 Å². The van der Waals surface area contributed by atoms with Crippen LogP contribution >= 0.6 is 0 Å². The molecular weight excluding hydrogens is 414 g/mol. The molecule has 2 amide bonds. The number of carbonyl (C=O) groups excluding carboxylic acids is 2. The molecule has 3 aromatic carbocycles. The Morgan fingerprint density at radius 1 is 0.879 bits per heavy atom. The molecule has 6 heteroatoms. The summed E-state index contributed by atoms with van der Waals surface area (Å²) in [4.78, 5) is 27.9. The molecule has 1 saturated heterocycles. The van der Waals surface area contributed by atoms with Gasteiger partial charge in [-0.3, -0.25) is 9.59 Å². The van der Waals surface area contributed by atoms with Gasteiger partial charge >= 0.3 is 0 Å². The highest BCUT2D eigenvalue weighted by Crippen LogP contribution is 2.29. The summed E-state index contributed by atoms with van der Waals surface area (Å²) in [5, 5.41) is 5.11. The van der Waals surface area contributed by atoms with E-state index in [2.05, 4.69) is 34.1 Å². The van der Waals surface area contributed by atoms with Gasteiger partial charge in [-0.1, -0.05) is 42.5 Å². The highest BCUT2D eigenvalue weighted by Gasteiger charge is 2.23. The van der Waals surface area contributed by atoms with Crippen molar-refractivity contribution in [2.75, 3.05) is 26.3 Å². The lowest BCUT2D eigenvalue weighted by atomic mass is 10.1. The van der Waals surface area contributed by atoms with Crippen molar-refractivity contribution in [3.05, 3.63) is 89.6 Å². The minimum absolute atomic E-state index is 0.208. The van der Waals surface area contributed by atoms with Gasteiger partial charge in [0.05, 0.1) is 13.2 Å². The third-order valence-electron chi connectivity index (χ3n) is 6.06. The second-order valence-electron chi connectivity index (χ2n) is 8.14. The summed E-state index contributed by atoms with van der Waals surface area (Å²) in [6.07, 6.45) is 1.76. The average molecular weight is 440 g/mol. The van der Waals surface area contributed by atoms with E-state index in [4.69, 9.17) is 4.74 Å². The van der Waals surface area contributed by atoms with E-state index in [-0.39, 0.29) is 17.5 Å². The van der Waals surface area contributed by atoms with Crippen LogP contribution in [0.3, 0.4) is 0 Å². The number of carbonyl (C=O) groups is 2. The number of hydrogen-bond acceptors (Lipinski definition) is 3. The lowest BCUT2D eigenvalue weighted by Crippen LogP contribution is -2.44. The fraction of sp³-hybridized carbons (Fsp3) is 0.185. The van der Waals surface area contributed by atoms with E-state index in [1.807, 2.05) is 31.3 Å². The number of amides is 2. The molecule has 33 heavy (non-hydrogen) atoms. The fourth-order valence-corrected chi connectivity index (χ4v) is 4.31. The third-order valence-corrected chi connectivity index (χ3v) is 6.06. The molecule has 0 aliphatic carbocycles. The predicted octanol–water partition coefficient (Wildman–Crippen LogP) is 3.96. The van der Waals surface area contributed by atoms with E-state index in [1.54, 1.807) is 35.2 Å². The zero-order valence-corrected chi connectivity index (χ0v) is 18.5. The van der Waals surface area contributed by atoms with E-state index in [0.29, 0.717) is 31.9 Å². The summed E-state index contributed by atoms with van der Waals surface area (Å²) in [7, 11) is 2.05. The van der Waals surface area contributed by atoms with Crippen molar-refractivity contribution in [2.24, 2.45) is 7.05 Å². The van der Waals surface area contributed by atoms with Gasteiger partial charge < -0.3 is 19.5 Å². The monoisotopic (exact) mass is 439 g/mol. The molecule has 0 atom stereocenters. The van der Waals surface area contributed by atoms with Crippen LogP contribution in [0.25, 0.3) is 27.9 Å². The van der Waals surface area contributed by atoms with Crippen molar-refractivity contribution in [1.29, 1.82) is 0 Å². The zero-order chi connectivity index (χ0) is 22.8. The van der Waals surface area contributed by atoms with Gasteiger partial charge in [0.25, 0.3) is 11.8 Å². The Morgan fingerprint density at radius 2 is 1.58 bits per heavy atom. The van der Waals surface area contributed by atoms with Crippen LogP contribution in [0.1, 0.15) is 15.9 Å². The Balaban J connectivity index is 1.55. The summed E-state index contributed by atoms with van der Waals surface area (Å²) in [5.74, 6) is -0.518. The smallest absolute Gasteiger partial charge is 0.270 e. The Bertz CT molecular complexity index is 1370. The molecule has 1 aliphatic heterocycles. The van der Waals surface area contributed by atoms with Gasteiger partial charge in [0.1, 0.15) is 5.70 Å². The predicted molar refractivity (Wildman–Crippen MR) is 130 cm³/mol. The second-order valence-corrected chi connectivity index (χ2v) is 8.14. The molecule has 0 bridgehead atoms. The van der Waals surface area contributed by atoms with Gasteiger partial charge in [-0.2, -0.15) is 0 Å². The summed E-state index contributed by atoms with van der Waals surface area (Å²) in [5.41, 5.74) is 3.87. The Hall–Kier alpha value is -3.90. The molecule has 166 valence electrons. The summed E-state index contributed by atoms with van der Waals surface area (Å²) in [6, 6.07) is 23.3. The van der Waals surface area contributed by atoms with E-state index in [1.165, 1.54) is 0 Å². The normalized spacial score (nSPS) is 14.6. The van der Waals surface area contributed by atoms with Crippen molar-refractivity contribution in [3.63, 3.8) is 0 Å². The molecule has 4 aromatic rings. The number of fused-ring (bicyclic) bond motifs is 3. The van der Waals surface area contributed by atoms with Crippen LogP contribution in [-0.4, -0.2) is 47.6 Å². The number of nitrogens with zero attached hydrogens (tertiary/aromatic N) is 2. The van der Waals surface area contributed by atoms with Crippen LogP contribution in [0, 0.1) is 0 Å². The van der Waals surface area contributed by atoms with Gasteiger partial charge in [-0.05, 0) is 42.0 Å². The molecular formula is C27H25N3O3. The third kappa shape index (κ3) is 4.13. The maximum Gasteiger partial charge on any atom is 0.270 e. The molecule has 0 spiro atoms. The number of morpholine rings is 1. The standard InChI is InChI=1S/C27H25N3O3/c1-29-24-10-6-5-9-21(24)22-17-19(11-12-25(22)29)18-23(27(32)30-13-15-33-16-14-30)28-26(31)20-7-3-2-4-8-20/h2-12,17-18H,13-16H2,1H3,(H,28,31). The number of rotatable bonds is 4. The molecule has 0 unspecified atom stereocenters. The van der Waals surface area contributed by atoms with Crippen LogP contribution in [0.2, 0.25) is 0 Å². The first-order valence-corrected chi connectivity index (χ1v) is 11.0. The number of hydrogen-bond donors (Lipinski definition) is 1. The number of nitrogens with one attached hydrogen (secondary N) is 1. The molecule has 6 nitrogen and oxygen atoms in total. The minimum Gasteiger partial charge on any atom is -0.378 e. The minimum atomic E-state index is -0.310. The van der Waals surface area contributed by atoms with Crippen LogP contribution in [0.4, 0.5) is 0 Å². The molecule has 1 N–H and O–H groups in total. The van der Waals surface area contributed by atoms with Crippen LogP contribution in [0.5, 0.6) is 0 Å². The topological polar surface area (TPSA) is 63.6 Å². The molecule has 1 fully saturated rings. The molecule has 0 saturated carbocycles. The molecule has 1 aliphatic rings. The first-order chi connectivity index (χ1) is 16.1. The van der Waals surface area contributed by atoms with Gasteiger partial charge in [0.2, 0.25) is 0 Å². The van der Waals surface area contributed by atoms with Gasteiger partial charge in [0, 0.05) is 47.5 Å². The van der Waals surface area contributed by atoms with Crippen molar-refractivity contribution in [3.8, 4) is 0 Å². The SMILES string of the molecule is Cn1c2ccccc2c2cc(C=C(NC(=O)c3ccccc3)C(=O)N3CCOCC3)ccc21. The van der Waals surface area contributed by atoms with E-state index >= 15 is 0 Å². The van der Waals surface area contributed by atoms with Crippen molar-refractivity contribution < 1.29 is 14.3 Å². The number of aryl methyl sites for hydroxylation is 1. The summed E-state index contributed by atoms with van der Waals surface area (Å²) >= 11 is 0. The van der Waals surface area contributed by atoms with Crippen molar-refractivity contribution in [1.82, 2.24) is 14.8 Å².